The Hall–Kier alpha value is -2.74. The molecule has 0 aliphatic carbocycles. The van der Waals surface area contributed by atoms with Crippen LogP contribution in [0.25, 0.3) is 0 Å². The maximum absolute atomic E-state index is 12.5. The highest BCUT2D eigenvalue weighted by Gasteiger charge is 2.47. The Morgan fingerprint density at radius 1 is 1.14 bits per heavy atom. The van der Waals surface area contributed by atoms with Gasteiger partial charge in [-0.05, 0) is 48.9 Å². The van der Waals surface area contributed by atoms with Gasteiger partial charge in [-0.15, -0.1) is 13.2 Å². The molecule has 2 aromatic rings. The lowest BCUT2D eigenvalue weighted by atomic mass is 9.92. The minimum atomic E-state index is -4.78. The van der Waals surface area contributed by atoms with Crippen LogP contribution in [0.3, 0.4) is 0 Å². The fourth-order valence-electron chi connectivity index (χ4n) is 2.98. The Labute approximate surface area is 164 Å². The molecule has 0 spiro atoms. The number of methoxy groups -OCH3 is 1. The molecule has 0 amide bonds. The molecule has 1 unspecified atom stereocenters. The van der Waals surface area contributed by atoms with Crippen molar-refractivity contribution >= 4 is 29.0 Å². The lowest BCUT2D eigenvalue weighted by Gasteiger charge is -2.31. The summed E-state index contributed by atoms with van der Waals surface area (Å²) in [5, 5.41) is 6.54. The molecule has 1 aliphatic heterocycles. The van der Waals surface area contributed by atoms with Gasteiger partial charge >= 0.3 is 12.3 Å². The van der Waals surface area contributed by atoms with Crippen molar-refractivity contribution in [3.63, 3.8) is 0 Å². The van der Waals surface area contributed by atoms with Gasteiger partial charge in [0.2, 0.25) is 0 Å². The van der Waals surface area contributed by atoms with Crippen LogP contribution in [0.2, 0.25) is 5.02 Å². The predicted molar refractivity (Wildman–Crippen MR) is 98.6 cm³/mol. The van der Waals surface area contributed by atoms with Gasteiger partial charge in [-0.2, -0.15) is 5.10 Å². The molecule has 1 heterocycles. The summed E-state index contributed by atoms with van der Waals surface area (Å²) in [4.78, 5) is 12.5. The number of halogens is 4. The Bertz CT molecular complexity index is 898. The average molecular weight is 413 g/mol. The molecule has 28 heavy (non-hydrogen) atoms. The second kappa shape index (κ2) is 7.35. The van der Waals surface area contributed by atoms with Crippen LogP contribution in [-0.2, 0) is 9.53 Å². The summed E-state index contributed by atoms with van der Waals surface area (Å²) in [6, 6.07) is 12.1. The van der Waals surface area contributed by atoms with Crippen LogP contribution in [0.5, 0.6) is 5.75 Å². The number of hydrogen-bond donors (Lipinski definition) is 0. The Morgan fingerprint density at radius 3 is 2.29 bits per heavy atom. The third-order valence-electron chi connectivity index (χ3n) is 4.32. The Balaban J connectivity index is 1.96. The van der Waals surface area contributed by atoms with Gasteiger partial charge in [0.1, 0.15) is 5.75 Å². The van der Waals surface area contributed by atoms with Crippen LogP contribution in [0, 0.1) is 0 Å². The topological polar surface area (TPSA) is 51.1 Å². The summed E-state index contributed by atoms with van der Waals surface area (Å²) in [5.41, 5.74) is 0.668. The highest BCUT2D eigenvalue weighted by Crippen LogP contribution is 2.37. The molecule has 0 N–H and O–H groups in total. The molecule has 148 valence electrons. The zero-order chi connectivity index (χ0) is 20.5. The van der Waals surface area contributed by atoms with E-state index in [1.807, 2.05) is 0 Å². The van der Waals surface area contributed by atoms with Crippen LogP contribution in [-0.4, -0.2) is 30.7 Å². The summed E-state index contributed by atoms with van der Waals surface area (Å²) in [6.07, 6.45) is -4.53. The highest BCUT2D eigenvalue weighted by atomic mass is 35.5. The number of benzene rings is 2. The van der Waals surface area contributed by atoms with E-state index in [1.165, 1.54) is 24.3 Å². The maximum atomic E-state index is 12.5. The number of anilines is 1. The number of rotatable bonds is 4. The van der Waals surface area contributed by atoms with Crippen LogP contribution >= 0.6 is 11.6 Å². The molecule has 0 radical (unpaired) electrons. The van der Waals surface area contributed by atoms with E-state index in [9.17, 15) is 18.0 Å². The van der Waals surface area contributed by atoms with Crippen LogP contribution in [0.15, 0.2) is 53.6 Å². The van der Waals surface area contributed by atoms with Crippen molar-refractivity contribution in [1.29, 1.82) is 0 Å². The first-order valence-corrected chi connectivity index (χ1v) is 8.58. The molecule has 0 bridgehead atoms. The van der Waals surface area contributed by atoms with Crippen molar-refractivity contribution in [2.45, 2.75) is 25.2 Å². The van der Waals surface area contributed by atoms with Crippen molar-refractivity contribution < 1.29 is 27.4 Å². The Kier molecular flexibility index (Phi) is 5.25. The van der Waals surface area contributed by atoms with E-state index < -0.39 is 17.9 Å². The van der Waals surface area contributed by atoms with Gasteiger partial charge in [-0.3, -0.25) is 0 Å². The number of hydrogen-bond acceptors (Lipinski definition) is 5. The summed E-state index contributed by atoms with van der Waals surface area (Å²) in [7, 11) is 1.27. The molecule has 9 heteroatoms. The van der Waals surface area contributed by atoms with Gasteiger partial charge in [0.25, 0.3) is 0 Å². The number of carbonyl (C=O) groups excluding carboxylic acids is 1. The average Bonchev–Trinajstić information content (AvgIpc) is 3.00. The third kappa shape index (κ3) is 4.06. The fourth-order valence-corrected chi connectivity index (χ4v) is 3.11. The van der Waals surface area contributed by atoms with E-state index in [0.29, 0.717) is 16.4 Å². The van der Waals surface area contributed by atoms with Gasteiger partial charge in [-0.25, -0.2) is 9.80 Å². The van der Waals surface area contributed by atoms with Crippen molar-refractivity contribution in [3.05, 3.63) is 59.1 Å². The summed E-state index contributed by atoms with van der Waals surface area (Å²) >= 11 is 5.92. The smallest absolute Gasteiger partial charge is 0.467 e. The lowest BCUT2D eigenvalue weighted by molar-refractivity contribution is -0.274. The van der Waals surface area contributed by atoms with E-state index in [-0.39, 0.29) is 12.2 Å². The van der Waals surface area contributed by atoms with E-state index in [4.69, 9.17) is 16.3 Å². The zero-order valence-electron chi connectivity index (χ0n) is 15.0. The van der Waals surface area contributed by atoms with E-state index in [0.717, 1.165) is 17.7 Å². The van der Waals surface area contributed by atoms with Crippen LogP contribution in [0.4, 0.5) is 18.9 Å². The van der Waals surface area contributed by atoms with E-state index in [1.54, 1.807) is 31.2 Å². The molecule has 0 saturated carbocycles. The largest absolute Gasteiger partial charge is 0.573 e. The minimum absolute atomic E-state index is 0.252. The molecule has 1 atom stereocenters. The van der Waals surface area contributed by atoms with Gasteiger partial charge < -0.3 is 9.47 Å². The van der Waals surface area contributed by atoms with Crippen molar-refractivity contribution in [2.24, 2.45) is 5.10 Å². The number of esters is 1. The monoisotopic (exact) mass is 412 g/mol. The number of hydrazone groups is 1. The molecule has 1 aliphatic rings. The molecule has 0 aromatic heterocycles. The van der Waals surface area contributed by atoms with Crippen molar-refractivity contribution in [2.75, 3.05) is 12.1 Å². The molecular weight excluding hydrogens is 397 g/mol. The first kappa shape index (κ1) is 20.0. The highest BCUT2D eigenvalue weighted by molar-refractivity contribution is 6.30. The van der Waals surface area contributed by atoms with E-state index >= 15 is 0 Å². The van der Waals surface area contributed by atoms with Crippen molar-refractivity contribution in [1.82, 2.24) is 0 Å². The van der Waals surface area contributed by atoms with Gasteiger partial charge in [0, 0.05) is 11.4 Å². The molecule has 0 saturated heterocycles. The van der Waals surface area contributed by atoms with Gasteiger partial charge in [0.15, 0.2) is 5.54 Å². The van der Waals surface area contributed by atoms with Gasteiger partial charge in [-0.1, -0.05) is 23.7 Å². The molecular formula is C19H16ClF3N2O3. The Morgan fingerprint density at radius 2 is 1.75 bits per heavy atom. The lowest BCUT2D eigenvalue weighted by Crippen LogP contribution is -2.48. The fraction of sp³-hybridized carbons (Fsp3) is 0.263. The number of nitrogens with zero attached hydrogens (tertiary/aromatic N) is 2. The zero-order valence-corrected chi connectivity index (χ0v) is 15.7. The quantitative estimate of drug-likeness (QED) is 0.678. The normalized spacial score (nSPS) is 19.4. The molecule has 0 fully saturated rings. The second-order valence-electron chi connectivity index (χ2n) is 6.35. The first-order valence-electron chi connectivity index (χ1n) is 8.20. The van der Waals surface area contributed by atoms with Gasteiger partial charge in [0.05, 0.1) is 18.5 Å². The third-order valence-corrected chi connectivity index (χ3v) is 4.57. The van der Waals surface area contributed by atoms with Crippen LogP contribution in [0.1, 0.15) is 18.9 Å². The molecule has 5 nitrogen and oxygen atoms in total. The number of alkyl halides is 3. The van der Waals surface area contributed by atoms with Crippen LogP contribution < -0.4 is 9.75 Å². The second-order valence-corrected chi connectivity index (χ2v) is 6.79. The summed E-state index contributed by atoms with van der Waals surface area (Å²) < 4.78 is 45.9. The minimum Gasteiger partial charge on any atom is -0.467 e. The summed E-state index contributed by atoms with van der Waals surface area (Å²) in [6.45, 7) is 1.66. The summed E-state index contributed by atoms with van der Waals surface area (Å²) in [5.74, 6) is -0.882. The number of ether oxygens (including phenoxy) is 2. The maximum Gasteiger partial charge on any atom is 0.573 e. The first-order chi connectivity index (χ1) is 13.1. The SMILES string of the molecule is COC(=O)C1(C)CC(c2ccc(Cl)cc2)=NN1c1ccc(OC(F)(F)F)cc1. The molecule has 2 aromatic carbocycles. The van der Waals surface area contributed by atoms with Crippen molar-refractivity contribution in [3.8, 4) is 5.75 Å². The molecule has 3 rings (SSSR count). The predicted octanol–water partition coefficient (Wildman–Crippen LogP) is 4.78. The standard InChI is InChI=1S/C19H16ClF3N2O3/c1-18(17(26)27-2)11-16(12-3-5-13(20)6-4-12)24-25(18)14-7-9-15(10-8-14)28-19(21,22)23/h3-10H,11H2,1-2H3. The van der Waals surface area contributed by atoms with E-state index in [2.05, 4.69) is 9.84 Å². The number of carbonyl (C=O) groups is 1.